The van der Waals surface area contributed by atoms with E-state index in [2.05, 4.69) is 4.98 Å². The van der Waals surface area contributed by atoms with Crippen molar-refractivity contribution in [3.05, 3.63) is 16.6 Å². The highest BCUT2D eigenvalue weighted by Crippen LogP contribution is 2.21. The van der Waals surface area contributed by atoms with Crippen molar-refractivity contribution in [2.45, 2.75) is 45.0 Å². The summed E-state index contributed by atoms with van der Waals surface area (Å²) in [5, 5.41) is 0. The number of hydrogen-bond acceptors (Lipinski definition) is 5. The number of hydrogen-bond donors (Lipinski definition) is 0. The molecule has 5 nitrogen and oxygen atoms in total. The van der Waals surface area contributed by atoms with Gasteiger partial charge in [-0.2, -0.15) is 0 Å². The molecule has 124 valence electrons. The van der Waals surface area contributed by atoms with Gasteiger partial charge in [0.2, 0.25) is 0 Å². The van der Waals surface area contributed by atoms with Crippen molar-refractivity contribution in [2.75, 3.05) is 18.8 Å². The van der Waals surface area contributed by atoms with E-state index >= 15 is 0 Å². The Balaban J connectivity index is 1.82. The highest BCUT2D eigenvalue weighted by Gasteiger charge is 2.28. The first-order valence-corrected chi connectivity index (χ1v) is 9.90. The molecule has 0 aromatic carbocycles. The van der Waals surface area contributed by atoms with Gasteiger partial charge in [0, 0.05) is 40.7 Å². The zero-order valence-corrected chi connectivity index (χ0v) is 15.0. The topological polar surface area (TPSA) is 59.5 Å². The lowest BCUT2D eigenvalue weighted by Crippen LogP contribution is -2.44. The Morgan fingerprint density at radius 1 is 1.55 bits per heavy atom. The van der Waals surface area contributed by atoms with Crippen LogP contribution in [0.4, 0.5) is 4.79 Å². The first kappa shape index (κ1) is 17.4. The number of piperidine rings is 1. The van der Waals surface area contributed by atoms with Crippen LogP contribution in [0, 0.1) is 5.92 Å². The second-order valence-electron chi connectivity index (χ2n) is 6.65. The molecular weight excluding hydrogens is 320 g/mol. The maximum Gasteiger partial charge on any atom is 0.410 e. The van der Waals surface area contributed by atoms with Crippen molar-refractivity contribution in [3.63, 3.8) is 0 Å². The smallest absolute Gasteiger partial charge is 0.410 e. The van der Waals surface area contributed by atoms with E-state index in [0.29, 0.717) is 18.1 Å². The summed E-state index contributed by atoms with van der Waals surface area (Å²) in [5.41, 5.74) is 1.29. The summed E-state index contributed by atoms with van der Waals surface area (Å²) in [6.07, 6.45) is 3.48. The SMILES string of the molecule is CC(C)(C)OC(=O)N1CCC[C@@H](C[S@](=O)Cc2cncs2)C1. The standard InChI is InChI=1S/C15H24N2O3S2/c1-15(2,3)20-14(18)17-6-4-5-12(8-17)9-22(19)10-13-7-16-11-21-13/h7,11-12H,4-6,8-10H2,1-3H3/t12-,22+/m1/s1. The third-order valence-corrected chi connectivity index (χ3v) is 5.82. The predicted octanol–water partition coefficient (Wildman–Crippen LogP) is 3.04. The van der Waals surface area contributed by atoms with Crippen molar-refractivity contribution >= 4 is 28.2 Å². The molecule has 0 spiro atoms. The van der Waals surface area contributed by atoms with Gasteiger partial charge in [0.05, 0.1) is 11.3 Å². The van der Waals surface area contributed by atoms with E-state index in [4.69, 9.17) is 4.74 Å². The summed E-state index contributed by atoms with van der Waals surface area (Å²) in [4.78, 5) is 18.9. The molecule has 1 aromatic heterocycles. The summed E-state index contributed by atoms with van der Waals surface area (Å²) >= 11 is 1.54. The number of thiazole rings is 1. The molecule has 0 radical (unpaired) electrons. The van der Waals surface area contributed by atoms with Gasteiger partial charge in [-0.25, -0.2) is 4.79 Å². The van der Waals surface area contributed by atoms with Gasteiger partial charge >= 0.3 is 6.09 Å². The molecule has 1 aromatic rings. The van der Waals surface area contributed by atoms with Gasteiger partial charge in [0.25, 0.3) is 0 Å². The first-order chi connectivity index (χ1) is 10.3. The lowest BCUT2D eigenvalue weighted by Gasteiger charge is -2.34. The molecule has 0 unspecified atom stereocenters. The molecule has 1 aliphatic heterocycles. The van der Waals surface area contributed by atoms with Crippen LogP contribution in [0.15, 0.2) is 11.7 Å². The molecule has 1 saturated heterocycles. The van der Waals surface area contributed by atoms with E-state index in [0.717, 1.165) is 24.3 Å². The quantitative estimate of drug-likeness (QED) is 0.842. The number of nitrogens with zero attached hydrogens (tertiary/aromatic N) is 2. The van der Waals surface area contributed by atoms with Crippen LogP contribution in [0.1, 0.15) is 38.5 Å². The average Bonchev–Trinajstić information content (AvgIpc) is 2.89. The summed E-state index contributed by atoms with van der Waals surface area (Å²) in [6.45, 7) is 6.99. The molecule has 22 heavy (non-hydrogen) atoms. The number of carbonyl (C=O) groups excluding carboxylic acids is 1. The molecule has 1 aliphatic rings. The van der Waals surface area contributed by atoms with Gasteiger partial charge < -0.3 is 9.64 Å². The molecule has 0 aliphatic carbocycles. The minimum absolute atomic E-state index is 0.259. The molecule has 0 bridgehead atoms. The number of ether oxygens (including phenoxy) is 1. The fourth-order valence-electron chi connectivity index (χ4n) is 2.49. The molecule has 2 atom stereocenters. The normalized spacial score (nSPS) is 20.7. The van der Waals surface area contributed by atoms with Crippen LogP contribution in [0.2, 0.25) is 0 Å². The van der Waals surface area contributed by atoms with Gasteiger partial charge in [-0.15, -0.1) is 11.3 Å². The number of amides is 1. The van der Waals surface area contributed by atoms with Crippen LogP contribution in [-0.2, 0) is 21.3 Å². The van der Waals surface area contributed by atoms with E-state index in [1.165, 1.54) is 11.3 Å². The maximum absolute atomic E-state index is 12.2. The Kier molecular flexibility index (Phi) is 5.97. The lowest BCUT2D eigenvalue weighted by molar-refractivity contribution is 0.0176. The summed E-state index contributed by atoms with van der Waals surface area (Å²) < 4.78 is 17.7. The van der Waals surface area contributed by atoms with E-state index in [1.54, 1.807) is 16.6 Å². The maximum atomic E-state index is 12.2. The molecule has 2 rings (SSSR count). The monoisotopic (exact) mass is 344 g/mol. The van der Waals surface area contributed by atoms with Crippen molar-refractivity contribution in [1.82, 2.24) is 9.88 Å². The summed E-state index contributed by atoms with van der Waals surface area (Å²) in [6, 6.07) is 0. The van der Waals surface area contributed by atoms with E-state index < -0.39 is 16.4 Å². The van der Waals surface area contributed by atoms with E-state index in [9.17, 15) is 9.00 Å². The zero-order valence-electron chi connectivity index (χ0n) is 13.4. The third-order valence-electron chi connectivity index (χ3n) is 3.38. The number of likely N-dealkylation sites (tertiary alicyclic amines) is 1. The molecule has 0 saturated carbocycles. The van der Waals surface area contributed by atoms with Crippen LogP contribution < -0.4 is 0 Å². The van der Waals surface area contributed by atoms with Crippen LogP contribution in [0.3, 0.4) is 0 Å². The average molecular weight is 345 g/mol. The minimum Gasteiger partial charge on any atom is -0.444 e. The molecule has 1 fully saturated rings. The molecule has 0 N–H and O–H groups in total. The van der Waals surface area contributed by atoms with Gasteiger partial charge in [-0.05, 0) is 39.5 Å². The highest BCUT2D eigenvalue weighted by molar-refractivity contribution is 7.84. The zero-order chi connectivity index (χ0) is 16.2. The first-order valence-electron chi connectivity index (χ1n) is 7.54. The second kappa shape index (κ2) is 7.55. The van der Waals surface area contributed by atoms with Crippen LogP contribution >= 0.6 is 11.3 Å². The fourth-order valence-corrected chi connectivity index (χ4v) is 4.84. The number of carbonyl (C=O) groups is 1. The molecule has 1 amide bonds. The Hall–Kier alpha value is -0.950. The Labute approximate surface area is 138 Å². The van der Waals surface area contributed by atoms with Crippen molar-refractivity contribution in [3.8, 4) is 0 Å². The van der Waals surface area contributed by atoms with Crippen LogP contribution in [0.5, 0.6) is 0 Å². The summed E-state index contributed by atoms with van der Waals surface area (Å²) in [5.74, 6) is 1.49. The van der Waals surface area contributed by atoms with Crippen molar-refractivity contribution in [2.24, 2.45) is 5.92 Å². The van der Waals surface area contributed by atoms with Crippen LogP contribution in [0.25, 0.3) is 0 Å². The van der Waals surface area contributed by atoms with Gasteiger partial charge in [0.1, 0.15) is 5.60 Å². The Morgan fingerprint density at radius 3 is 2.95 bits per heavy atom. The van der Waals surface area contributed by atoms with E-state index in [1.807, 2.05) is 20.8 Å². The minimum atomic E-state index is -0.903. The Morgan fingerprint density at radius 2 is 2.32 bits per heavy atom. The van der Waals surface area contributed by atoms with Gasteiger partial charge in [-0.1, -0.05) is 0 Å². The number of aromatic nitrogens is 1. The second-order valence-corrected chi connectivity index (χ2v) is 9.13. The van der Waals surface area contributed by atoms with Crippen LogP contribution in [-0.4, -0.2) is 44.6 Å². The lowest BCUT2D eigenvalue weighted by atomic mass is 10.0. The van der Waals surface area contributed by atoms with Crippen molar-refractivity contribution in [1.29, 1.82) is 0 Å². The highest BCUT2D eigenvalue weighted by atomic mass is 32.2. The molecule has 2 heterocycles. The fraction of sp³-hybridized carbons (Fsp3) is 0.733. The molecule has 7 heteroatoms. The summed E-state index contributed by atoms with van der Waals surface area (Å²) in [7, 11) is -0.903. The molecular formula is C15H24N2O3S2. The largest absolute Gasteiger partial charge is 0.444 e. The Bertz CT molecular complexity index is 511. The van der Waals surface area contributed by atoms with E-state index in [-0.39, 0.29) is 12.0 Å². The number of rotatable bonds is 4. The van der Waals surface area contributed by atoms with Crippen molar-refractivity contribution < 1.29 is 13.7 Å². The van der Waals surface area contributed by atoms with Gasteiger partial charge in [-0.3, -0.25) is 9.19 Å². The predicted molar refractivity (Wildman–Crippen MR) is 89.4 cm³/mol. The third kappa shape index (κ3) is 5.68. The van der Waals surface area contributed by atoms with Gasteiger partial charge in [0.15, 0.2) is 0 Å².